The van der Waals surface area contributed by atoms with Gasteiger partial charge in [-0.15, -0.1) is 11.8 Å². The first-order valence-electron chi connectivity index (χ1n) is 11.6. The molecule has 0 aliphatic carbocycles. The fourth-order valence-electron chi connectivity index (χ4n) is 3.68. The standard InChI is InChI=1S/C28H30ClFN2O2S/c1-2-16-31-28(34)26(17-21-10-4-3-5-11-21)32(18-22-12-6-8-14-24(22)29)27(33)20-35-19-23-13-7-9-15-25(23)30/h3-15,26H,2,16-20H2,1H3,(H,31,34)/t26-/m1/s1. The van der Waals surface area contributed by atoms with Crippen LogP contribution in [0.2, 0.25) is 5.02 Å². The van der Waals surface area contributed by atoms with Crippen LogP contribution < -0.4 is 5.32 Å². The highest BCUT2D eigenvalue weighted by molar-refractivity contribution is 7.99. The van der Waals surface area contributed by atoms with Crippen LogP contribution in [0.3, 0.4) is 0 Å². The van der Waals surface area contributed by atoms with Crippen LogP contribution in [0.25, 0.3) is 0 Å². The van der Waals surface area contributed by atoms with E-state index in [-0.39, 0.29) is 29.9 Å². The van der Waals surface area contributed by atoms with Crippen LogP contribution in [0.1, 0.15) is 30.0 Å². The summed E-state index contributed by atoms with van der Waals surface area (Å²) in [6.45, 7) is 2.72. The Morgan fingerprint density at radius 1 is 0.971 bits per heavy atom. The number of carbonyl (C=O) groups excluding carboxylic acids is 2. The number of halogens is 2. The number of rotatable bonds is 12. The molecular formula is C28H30ClFN2O2S. The molecule has 1 atom stereocenters. The number of hydrogen-bond acceptors (Lipinski definition) is 3. The van der Waals surface area contributed by atoms with Gasteiger partial charge >= 0.3 is 0 Å². The minimum Gasteiger partial charge on any atom is -0.354 e. The van der Waals surface area contributed by atoms with Gasteiger partial charge in [0.05, 0.1) is 5.75 Å². The second-order valence-corrected chi connectivity index (χ2v) is 9.59. The van der Waals surface area contributed by atoms with Crippen LogP contribution in [-0.4, -0.2) is 35.1 Å². The number of nitrogens with zero attached hydrogens (tertiary/aromatic N) is 1. The molecule has 0 aliphatic heterocycles. The van der Waals surface area contributed by atoms with Crippen molar-refractivity contribution >= 4 is 35.2 Å². The van der Waals surface area contributed by atoms with Crippen molar-refractivity contribution in [2.24, 2.45) is 0 Å². The maximum atomic E-state index is 14.0. The lowest BCUT2D eigenvalue weighted by Gasteiger charge is -2.31. The molecule has 0 saturated carbocycles. The summed E-state index contributed by atoms with van der Waals surface area (Å²) in [5.41, 5.74) is 2.27. The van der Waals surface area contributed by atoms with E-state index in [2.05, 4.69) is 5.32 Å². The fourth-order valence-corrected chi connectivity index (χ4v) is 4.77. The van der Waals surface area contributed by atoms with Crippen LogP contribution in [0, 0.1) is 5.82 Å². The second-order valence-electron chi connectivity index (χ2n) is 8.19. The first kappa shape index (κ1) is 26.8. The molecular weight excluding hydrogens is 483 g/mol. The summed E-state index contributed by atoms with van der Waals surface area (Å²) in [6, 6.07) is 22.8. The number of thioether (sulfide) groups is 1. The van der Waals surface area contributed by atoms with Crippen molar-refractivity contribution in [2.45, 2.75) is 38.1 Å². The first-order chi connectivity index (χ1) is 17.0. The summed E-state index contributed by atoms with van der Waals surface area (Å²) in [5, 5.41) is 3.49. The van der Waals surface area contributed by atoms with E-state index < -0.39 is 6.04 Å². The molecule has 0 aliphatic rings. The Kier molecular flexibility index (Phi) is 10.6. The summed E-state index contributed by atoms with van der Waals surface area (Å²) in [6.07, 6.45) is 1.17. The molecule has 2 amide bonds. The van der Waals surface area contributed by atoms with Crippen LogP contribution in [0.15, 0.2) is 78.9 Å². The molecule has 0 radical (unpaired) electrons. The third-order valence-corrected chi connectivity index (χ3v) is 6.89. The molecule has 3 rings (SSSR count). The van der Waals surface area contributed by atoms with E-state index in [1.165, 1.54) is 17.8 Å². The smallest absolute Gasteiger partial charge is 0.243 e. The predicted molar refractivity (Wildman–Crippen MR) is 142 cm³/mol. The number of benzene rings is 3. The zero-order valence-electron chi connectivity index (χ0n) is 19.8. The summed E-state index contributed by atoms with van der Waals surface area (Å²) in [4.78, 5) is 28.4. The molecule has 0 saturated heterocycles. The summed E-state index contributed by atoms with van der Waals surface area (Å²) in [7, 11) is 0. The Morgan fingerprint density at radius 2 is 1.63 bits per heavy atom. The van der Waals surface area contributed by atoms with Crippen molar-refractivity contribution in [2.75, 3.05) is 12.3 Å². The molecule has 0 fully saturated rings. The first-order valence-corrected chi connectivity index (χ1v) is 13.2. The van der Waals surface area contributed by atoms with Gasteiger partial charge in [-0.1, -0.05) is 85.3 Å². The van der Waals surface area contributed by atoms with Gasteiger partial charge in [0.2, 0.25) is 11.8 Å². The molecule has 0 unspecified atom stereocenters. The van der Waals surface area contributed by atoms with Crippen LogP contribution in [0.4, 0.5) is 4.39 Å². The molecule has 3 aromatic rings. The average Bonchev–Trinajstić information content (AvgIpc) is 2.87. The summed E-state index contributed by atoms with van der Waals surface area (Å²) < 4.78 is 14.0. The topological polar surface area (TPSA) is 49.4 Å². The van der Waals surface area contributed by atoms with E-state index in [0.29, 0.717) is 29.3 Å². The molecule has 7 heteroatoms. The quantitative estimate of drug-likeness (QED) is 0.330. The Labute approximate surface area is 215 Å². The minimum absolute atomic E-state index is 0.116. The highest BCUT2D eigenvalue weighted by Gasteiger charge is 2.30. The van der Waals surface area contributed by atoms with Crippen molar-refractivity contribution in [1.82, 2.24) is 10.2 Å². The highest BCUT2D eigenvalue weighted by atomic mass is 35.5. The summed E-state index contributed by atoms with van der Waals surface area (Å²) in [5.74, 6) is -0.204. The highest BCUT2D eigenvalue weighted by Crippen LogP contribution is 2.22. The zero-order valence-corrected chi connectivity index (χ0v) is 21.3. The van der Waals surface area contributed by atoms with Crippen molar-refractivity contribution < 1.29 is 14.0 Å². The van der Waals surface area contributed by atoms with Gasteiger partial charge in [0.15, 0.2) is 0 Å². The van der Waals surface area contributed by atoms with Crippen molar-refractivity contribution in [3.05, 3.63) is 106 Å². The maximum absolute atomic E-state index is 14.0. The van der Waals surface area contributed by atoms with Gasteiger partial charge in [-0.2, -0.15) is 0 Å². The molecule has 184 valence electrons. The van der Waals surface area contributed by atoms with Gasteiger partial charge in [-0.25, -0.2) is 4.39 Å². The van der Waals surface area contributed by atoms with Gasteiger partial charge in [0.1, 0.15) is 11.9 Å². The van der Waals surface area contributed by atoms with E-state index in [0.717, 1.165) is 17.5 Å². The zero-order chi connectivity index (χ0) is 25.0. The van der Waals surface area contributed by atoms with E-state index in [1.54, 1.807) is 29.2 Å². The number of carbonyl (C=O) groups is 2. The number of amides is 2. The predicted octanol–water partition coefficient (Wildman–Crippen LogP) is 5.88. The lowest BCUT2D eigenvalue weighted by molar-refractivity contribution is -0.139. The maximum Gasteiger partial charge on any atom is 0.243 e. The van der Waals surface area contributed by atoms with Crippen LogP contribution >= 0.6 is 23.4 Å². The van der Waals surface area contributed by atoms with E-state index >= 15 is 0 Å². The molecule has 0 spiro atoms. The largest absolute Gasteiger partial charge is 0.354 e. The Bertz CT molecular complexity index is 1110. The van der Waals surface area contributed by atoms with Gasteiger partial charge in [-0.05, 0) is 35.2 Å². The summed E-state index contributed by atoms with van der Waals surface area (Å²) >= 11 is 7.75. The SMILES string of the molecule is CCCNC(=O)[C@@H](Cc1ccccc1)N(Cc1ccccc1Cl)C(=O)CSCc1ccccc1F. The van der Waals surface area contributed by atoms with E-state index in [1.807, 2.05) is 55.5 Å². The average molecular weight is 513 g/mol. The molecule has 0 aromatic heterocycles. The van der Waals surface area contributed by atoms with Crippen LogP contribution in [0.5, 0.6) is 0 Å². The molecule has 4 nitrogen and oxygen atoms in total. The van der Waals surface area contributed by atoms with Gasteiger partial charge in [-0.3, -0.25) is 9.59 Å². The molecule has 35 heavy (non-hydrogen) atoms. The van der Waals surface area contributed by atoms with Crippen molar-refractivity contribution in [3.63, 3.8) is 0 Å². The molecule has 3 aromatic carbocycles. The molecule has 0 heterocycles. The number of hydrogen-bond donors (Lipinski definition) is 1. The van der Waals surface area contributed by atoms with E-state index in [9.17, 15) is 14.0 Å². The lowest BCUT2D eigenvalue weighted by Crippen LogP contribution is -2.51. The third kappa shape index (κ3) is 8.11. The van der Waals surface area contributed by atoms with Gasteiger partial charge in [0, 0.05) is 30.3 Å². The normalized spacial score (nSPS) is 11.6. The molecule has 0 bridgehead atoms. The Balaban J connectivity index is 1.85. The monoisotopic (exact) mass is 512 g/mol. The Hall–Kier alpha value is -2.83. The fraction of sp³-hybridized carbons (Fsp3) is 0.286. The minimum atomic E-state index is -0.707. The second kappa shape index (κ2) is 13.9. The lowest BCUT2D eigenvalue weighted by atomic mass is 10.0. The Morgan fingerprint density at radius 3 is 2.31 bits per heavy atom. The van der Waals surface area contributed by atoms with Crippen LogP contribution in [-0.2, 0) is 28.3 Å². The van der Waals surface area contributed by atoms with E-state index in [4.69, 9.17) is 11.6 Å². The molecule has 1 N–H and O–H groups in total. The number of nitrogens with one attached hydrogen (secondary N) is 1. The van der Waals surface area contributed by atoms with Gasteiger partial charge < -0.3 is 10.2 Å². The third-order valence-electron chi connectivity index (χ3n) is 5.56. The van der Waals surface area contributed by atoms with Crippen molar-refractivity contribution in [1.29, 1.82) is 0 Å². The van der Waals surface area contributed by atoms with Gasteiger partial charge in [0.25, 0.3) is 0 Å². The van der Waals surface area contributed by atoms with Crippen molar-refractivity contribution in [3.8, 4) is 0 Å².